The molecule has 0 unspecified atom stereocenters. The second kappa shape index (κ2) is 13.0. The molecule has 1 aliphatic rings. The fourth-order valence-electron chi connectivity index (χ4n) is 9.58. The maximum absolute atomic E-state index is 6.49. The first-order valence-electron chi connectivity index (χ1n) is 19.8. The van der Waals surface area contributed by atoms with Crippen molar-refractivity contribution in [3.63, 3.8) is 0 Å². The number of benzene rings is 9. The van der Waals surface area contributed by atoms with Crippen LogP contribution in [0, 0.1) is 0 Å². The van der Waals surface area contributed by atoms with Crippen molar-refractivity contribution in [2.24, 2.45) is 0 Å². The topological polar surface area (TPSA) is 16.4 Å². The number of fused-ring (bicyclic) bond motifs is 8. The summed E-state index contributed by atoms with van der Waals surface area (Å²) in [5.74, 6) is 0. The van der Waals surface area contributed by atoms with Crippen molar-refractivity contribution in [1.82, 2.24) is 0 Å². The molecule has 10 aromatic rings. The maximum atomic E-state index is 6.49. The van der Waals surface area contributed by atoms with Gasteiger partial charge in [-0.3, -0.25) is 0 Å². The predicted molar refractivity (Wildman–Crippen MR) is 240 cm³/mol. The van der Waals surface area contributed by atoms with Gasteiger partial charge in [-0.2, -0.15) is 0 Å². The lowest BCUT2D eigenvalue weighted by Gasteiger charge is -2.36. The fraction of sp³-hybridized carbons (Fsp3) is 0.0545. The van der Waals surface area contributed by atoms with Gasteiger partial charge in [0.1, 0.15) is 11.2 Å². The Morgan fingerprint density at radius 1 is 0.386 bits per heavy atom. The van der Waals surface area contributed by atoms with Gasteiger partial charge in [0, 0.05) is 38.3 Å². The molecule has 0 saturated heterocycles. The Labute approximate surface area is 332 Å². The maximum Gasteiger partial charge on any atom is 0.136 e. The third-order valence-electron chi connectivity index (χ3n) is 12.0. The van der Waals surface area contributed by atoms with Gasteiger partial charge in [-0.25, -0.2) is 0 Å². The Bertz CT molecular complexity index is 3100. The molecule has 1 aromatic heterocycles. The summed E-state index contributed by atoms with van der Waals surface area (Å²) in [5.41, 5.74) is 17.2. The fourth-order valence-corrected chi connectivity index (χ4v) is 9.58. The summed E-state index contributed by atoms with van der Waals surface area (Å²) in [5, 5.41) is 4.64. The summed E-state index contributed by atoms with van der Waals surface area (Å²) in [6.45, 7) is 4.77. The first-order valence-corrected chi connectivity index (χ1v) is 19.8. The van der Waals surface area contributed by atoms with Crippen molar-refractivity contribution in [2.75, 3.05) is 4.90 Å². The Kier molecular flexibility index (Phi) is 7.55. The minimum atomic E-state index is -0.258. The lowest BCUT2D eigenvalue weighted by atomic mass is 9.81. The van der Waals surface area contributed by atoms with Gasteiger partial charge in [-0.1, -0.05) is 190 Å². The first kappa shape index (κ1) is 33.2. The molecule has 57 heavy (non-hydrogen) atoms. The van der Waals surface area contributed by atoms with Crippen molar-refractivity contribution >= 4 is 49.8 Å². The molecule has 0 saturated carbocycles. The summed E-state index contributed by atoms with van der Waals surface area (Å²) >= 11 is 0. The third kappa shape index (κ3) is 5.11. The molecule has 0 radical (unpaired) electrons. The van der Waals surface area contributed by atoms with E-state index in [0.717, 1.165) is 38.9 Å². The van der Waals surface area contributed by atoms with Crippen LogP contribution in [0.3, 0.4) is 0 Å². The normalized spacial score (nSPS) is 12.9. The van der Waals surface area contributed by atoms with E-state index in [1.807, 2.05) is 6.07 Å². The Morgan fingerprint density at radius 3 is 1.72 bits per heavy atom. The van der Waals surface area contributed by atoms with E-state index in [0.29, 0.717) is 0 Å². The average Bonchev–Trinajstić information content (AvgIpc) is 3.77. The van der Waals surface area contributed by atoms with E-state index in [2.05, 4.69) is 213 Å². The van der Waals surface area contributed by atoms with Gasteiger partial charge in [0.2, 0.25) is 0 Å². The van der Waals surface area contributed by atoms with E-state index < -0.39 is 0 Å². The van der Waals surface area contributed by atoms with Crippen LogP contribution in [0.15, 0.2) is 205 Å². The molecule has 0 bridgehead atoms. The molecule has 2 heteroatoms. The summed E-state index contributed by atoms with van der Waals surface area (Å²) in [7, 11) is 0. The van der Waals surface area contributed by atoms with Gasteiger partial charge < -0.3 is 9.32 Å². The molecule has 0 N–H and O–H groups in total. The highest BCUT2D eigenvalue weighted by Gasteiger charge is 2.39. The van der Waals surface area contributed by atoms with E-state index in [1.54, 1.807) is 0 Å². The smallest absolute Gasteiger partial charge is 0.136 e. The van der Waals surface area contributed by atoms with Gasteiger partial charge in [-0.05, 0) is 68.6 Å². The van der Waals surface area contributed by atoms with Crippen LogP contribution in [0.1, 0.15) is 25.0 Å². The van der Waals surface area contributed by atoms with Crippen molar-refractivity contribution in [3.8, 4) is 44.5 Å². The van der Waals surface area contributed by atoms with Gasteiger partial charge in [0.05, 0.1) is 17.1 Å². The Morgan fingerprint density at radius 2 is 0.947 bits per heavy atom. The van der Waals surface area contributed by atoms with Crippen LogP contribution in [-0.4, -0.2) is 0 Å². The number of nitrogens with zero attached hydrogens (tertiary/aromatic N) is 1. The Hall–Kier alpha value is -7.16. The average molecular weight is 730 g/mol. The van der Waals surface area contributed by atoms with E-state index in [-0.39, 0.29) is 5.41 Å². The minimum absolute atomic E-state index is 0.258. The number of hydrogen-bond donors (Lipinski definition) is 0. The molecule has 1 aliphatic carbocycles. The van der Waals surface area contributed by atoms with E-state index in [9.17, 15) is 0 Å². The number of rotatable bonds is 6. The second-order valence-corrected chi connectivity index (χ2v) is 15.6. The largest absolute Gasteiger partial charge is 0.456 e. The number of hydrogen-bond acceptors (Lipinski definition) is 2. The molecule has 9 aromatic carbocycles. The summed E-state index contributed by atoms with van der Waals surface area (Å²) in [4.78, 5) is 2.58. The Balaban J connectivity index is 1.29. The molecule has 0 spiro atoms. The van der Waals surface area contributed by atoms with Crippen LogP contribution in [0.2, 0.25) is 0 Å². The predicted octanol–water partition coefficient (Wildman–Crippen LogP) is 15.5. The zero-order valence-electron chi connectivity index (χ0n) is 31.9. The quantitative estimate of drug-likeness (QED) is 0.169. The second-order valence-electron chi connectivity index (χ2n) is 15.6. The molecule has 0 aliphatic heterocycles. The van der Waals surface area contributed by atoms with Gasteiger partial charge in [0.25, 0.3) is 0 Å². The number of anilines is 3. The third-order valence-corrected chi connectivity index (χ3v) is 12.0. The summed E-state index contributed by atoms with van der Waals surface area (Å²) in [6.07, 6.45) is 0. The van der Waals surface area contributed by atoms with Crippen molar-refractivity contribution in [2.45, 2.75) is 19.3 Å². The van der Waals surface area contributed by atoms with Crippen LogP contribution in [0.5, 0.6) is 0 Å². The van der Waals surface area contributed by atoms with Gasteiger partial charge >= 0.3 is 0 Å². The molecule has 0 fully saturated rings. The molecule has 11 rings (SSSR count). The number of furan rings is 1. The standard InChI is InChI=1S/C55H39NO/c1-55(2)46-30-12-9-23-41(46)44-29-17-32-48(53(44)55)56(54-39(36-18-5-3-6-19-36)26-16-27-40(54)37-20-7-4-8-21-37)47-31-13-10-24-42(47)43-28-15-22-38-34-35-50-52(51(38)43)45-25-11-14-33-49(45)57-50/h3-35H,1-2H3. The zero-order valence-corrected chi connectivity index (χ0v) is 31.9. The van der Waals surface area contributed by atoms with Crippen LogP contribution in [-0.2, 0) is 5.41 Å². The van der Waals surface area contributed by atoms with Crippen molar-refractivity contribution in [1.29, 1.82) is 0 Å². The van der Waals surface area contributed by atoms with E-state index in [4.69, 9.17) is 4.42 Å². The molecule has 270 valence electrons. The van der Waals surface area contributed by atoms with E-state index in [1.165, 1.54) is 66.5 Å². The zero-order chi connectivity index (χ0) is 38.1. The lowest BCUT2D eigenvalue weighted by molar-refractivity contribution is 0.661. The molecule has 0 amide bonds. The molecular formula is C55H39NO. The van der Waals surface area contributed by atoms with Crippen molar-refractivity contribution < 1.29 is 4.42 Å². The van der Waals surface area contributed by atoms with Crippen LogP contribution >= 0.6 is 0 Å². The van der Waals surface area contributed by atoms with Gasteiger partial charge in [-0.15, -0.1) is 0 Å². The molecule has 0 atom stereocenters. The van der Waals surface area contributed by atoms with Crippen LogP contribution in [0.4, 0.5) is 17.1 Å². The van der Waals surface area contributed by atoms with Crippen molar-refractivity contribution in [3.05, 3.63) is 211 Å². The highest BCUT2D eigenvalue weighted by molar-refractivity contribution is 6.23. The monoisotopic (exact) mass is 729 g/mol. The first-order chi connectivity index (χ1) is 28.1. The van der Waals surface area contributed by atoms with Crippen LogP contribution in [0.25, 0.3) is 77.2 Å². The molecule has 2 nitrogen and oxygen atoms in total. The summed E-state index contributed by atoms with van der Waals surface area (Å²) in [6, 6.07) is 72.7. The highest BCUT2D eigenvalue weighted by atomic mass is 16.3. The lowest BCUT2D eigenvalue weighted by Crippen LogP contribution is -2.21. The van der Waals surface area contributed by atoms with E-state index >= 15 is 0 Å². The van der Waals surface area contributed by atoms with Gasteiger partial charge in [0.15, 0.2) is 0 Å². The summed E-state index contributed by atoms with van der Waals surface area (Å²) < 4.78 is 6.49. The SMILES string of the molecule is CC1(C)c2ccccc2-c2cccc(N(c3ccccc3-c3cccc4ccc5oc6ccccc6c5c34)c3c(-c4ccccc4)cccc3-c3ccccc3)c21. The number of para-hydroxylation sites is 3. The molecular weight excluding hydrogens is 691 g/mol. The van der Waals surface area contributed by atoms with Crippen LogP contribution < -0.4 is 4.90 Å². The molecule has 1 heterocycles. The minimum Gasteiger partial charge on any atom is -0.456 e. The highest BCUT2D eigenvalue weighted by Crippen LogP contribution is 2.57.